The molecule has 2 unspecified atom stereocenters. The summed E-state index contributed by atoms with van der Waals surface area (Å²) in [5.41, 5.74) is 8.60. The van der Waals surface area contributed by atoms with Crippen LogP contribution in [0.2, 0.25) is 0 Å². The number of nitriles is 1. The van der Waals surface area contributed by atoms with Gasteiger partial charge in [-0.1, -0.05) is 129 Å². The summed E-state index contributed by atoms with van der Waals surface area (Å²) in [5, 5.41) is 16.4. The lowest BCUT2D eigenvalue weighted by Crippen LogP contribution is -2.30. The molecule has 2 aromatic heterocycles. The van der Waals surface area contributed by atoms with E-state index in [2.05, 4.69) is 139 Å². The molecule has 5 heteroatoms. The largest absolute Gasteiger partial charge is 0.278 e. The number of fused-ring (bicyclic) bond motifs is 7. The van der Waals surface area contributed by atoms with Crippen molar-refractivity contribution in [1.82, 2.24) is 19.5 Å². The van der Waals surface area contributed by atoms with Gasteiger partial charge in [-0.15, -0.1) is 0 Å². The van der Waals surface area contributed by atoms with Crippen molar-refractivity contribution in [2.75, 3.05) is 0 Å². The maximum Gasteiger partial charge on any atom is 0.238 e. The van der Waals surface area contributed by atoms with Gasteiger partial charge in [0.25, 0.3) is 0 Å². The Morgan fingerprint density at radius 2 is 1.02 bits per heavy atom. The summed E-state index contributed by atoms with van der Waals surface area (Å²) in [6, 6.07) is 53.5. The van der Waals surface area contributed by atoms with E-state index in [1.165, 1.54) is 48.8 Å². The lowest BCUT2D eigenvalue weighted by atomic mass is 9.66. The van der Waals surface area contributed by atoms with E-state index in [9.17, 15) is 5.26 Å². The van der Waals surface area contributed by atoms with Crippen LogP contribution in [0.25, 0.3) is 83.2 Å². The first kappa shape index (κ1) is 32.8. The van der Waals surface area contributed by atoms with Crippen molar-refractivity contribution in [3.05, 3.63) is 157 Å². The van der Waals surface area contributed by atoms with Crippen LogP contribution < -0.4 is 0 Å². The zero-order valence-corrected chi connectivity index (χ0v) is 31.3. The van der Waals surface area contributed by atoms with Gasteiger partial charge < -0.3 is 0 Å². The molecule has 0 saturated heterocycles. The van der Waals surface area contributed by atoms with Crippen LogP contribution in [0.1, 0.15) is 50.2 Å². The minimum absolute atomic E-state index is 0.246. The van der Waals surface area contributed by atoms with Crippen molar-refractivity contribution in [2.24, 2.45) is 11.8 Å². The molecule has 268 valence electrons. The van der Waals surface area contributed by atoms with Crippen molar-refractivity contribution in [3.8, 4) is 45.9 Å². The Labute approximate surface area is 325 Å². The summed E-state index contributed by atoms with van der Waals surface area (Å²) < 4.78 is 2.15. The lowest BCUT2D eigenvalue weighted by Gasteiger charge is -2.38. The quantitative estimate of drug-likeness (QED) is 0.166. The molecule has 2 aliphatic carbocycles. The highest BCUT2D eigenvalue weighted by atomic mass is 15.2. The number of hydrogen-bond acceptors (Lipinski definition) is 4. The number of para-hydroxylation sites is 2. The molecule has 0 amide bonds. The van der Waals surface area contributed by atoms with E-state index < -0.39 is 0 Å². The molecule has 2 fully saturated rings. The zero-order chi connectivity index (χ0) is 37.4. The van der Waals surface area contributed by atoms with Crippen LogP contribution in [0, 0.1) is 23.2 Å². The van der Waals surface area contributed by atoms with E-state index in [1.807, 2.05) is 24.3 Å². The summed E-state index contributed by atoms with van der Waals surface area (Å²) in [6.07, 6.45) is 6.83. The van der Waals surface area contributed by atoms with Gasteiger partial charge in [0.1, 0.15) is 0 Å². The summed E-state index contributed by atoms with van der Waals surface area (Å²) in [7, 11) is 0. The van der Waals surface area contributed by atoms with Crippen LogP contribution in [0.15, 0.2) is 146 Å². The Bertz CT molecular complexity index is 2920. The normalized spacial score (nSPS) is 19.2. The molecular formula is C51H39N5. The van der Waals surface area contributed by atoms with Crippen molar-refractivity contribution in [2.45, 2.75) is 44.4 Å². The average molecular weight is 722 g/mol. The Morgan fingerprint density at radius 3 is 1.57 bits per heavy atom. The number of rotatable bonds is 5. The predicted molar refractivity (Wildman–Crippen MR) is 228 cm³/mol. The molecular weight excluding hydrogens is 683 g/mol. The van der Waals surface area contributed by atoms with Gasteiger partial charge in [-0.25, -0.2) is 4.98 Å². The molecule has 56 heavy (non-hydrogen) atoms. The zero-order valence-electron chi connectivity index (χ0n) is 31.3. The monoisotopic (exact) mass is 721 g/mol. The van der Waals surface area contributed by atoms with Crippen molar-refractivity contribution in [3.63, 3.8) is 0 Å². The molecule has 0 N–H and O–H groups in total. The SMILES string of the molecule is CC1(c2ccc(-c3c4ccccc4c(-c4nc(-c5ccc(C#N)cc5)nc(-n5c6ccccc6c6ccccc65)n4)c4ccccc34)cc2)CC2CC[C@H](C2)C1. The molecule has 0 spiro atoms. The summed E-state index contributed by atoms with van der Waals surface area (Å²) in [5.74, 6) is 3.45. The van der Waals surface area contributed by atoms with Gasteiger partial charge in [-0.2, -0.15) is 15.2 Å². The van der Waals surface area contributed by atoms with Crippen molar-refractivity contribution in [1.29, 1.82) is 5.26 Å². The van der Waals surface area contributed by atoms with Crippen molar-refractivity contribution >= 4 is 43.4 Å². The molecule has 2 heterocycles. The second-order valence-electron chi connectivity index (χ2n) is 16.3. The third-order valence-electron chi connectivity index (χ3n) is 12.8. The smallest absolute Gasteiger partial charge is 0.238 e. The second-order valence-corrected chi connectivity index (χ2v) is 16.3. The number of hydrogen-bond donors (Lipinski definition) is 0. The van der Waals surface area contributed by atoms with Gasteiger partial charge in [0.2, 0.25) is 5.95 Å². The van der Waals surface area contributed by atoms with Crippen LogP contribution in [0.3, 0.4) is 0 Å². The molecule has 5 nitrogen and oxygen atoms in total. The van der Waals surface area contributed by atoms with Crippen LogP contribution in [0.5, 0.6) is 0 Å². The molecule has 3 atom stereocenters. The highest BCUT2D eigenvalue weighted by Gasteiger charge is 2.41. The van der Waals surface area contributed by atoms with Crippen LogP contribution in [-0.4, -0.2) is 19.5 Å². The van der Waals surface area contributed by atoms with Gasteiger partial charge in [0.15, 0.2) is 11.6 Å². The van der Waals surface area contributed by atoms with E-state index in [4.69, 9.17) is 15.0 Å². The van der Waals surface area contributed by atoms with E-state index in [1.54, 1.807) is 0 Å². The molecule has 0 aliphatic heterocycles. The minimum Gasteiger partial charge on any atom is -0.278 e. The van der Waals surface area contributed by atoms with E-state index >= 15 is 0 Å². The fourth-order valence-corrected chi connectivity index (χ4v) is 10.4. The Morgan fingerprint density at radius 1 is 0.536 bits per heavy atom. The molecule has 0 radical (unpaired) electrons. The number of aromatic nitrogens is 4. The van der Waals surface area contributed by atoms with Crippen LogP contribution in [-0.2, 0) is 5.41 Å². The Hall–Kier alpha value is -6.64. The first-order valence-electron chi connectivity index (χ1n) is 19.8. The number of benzene rings is 7. The second kappa shape index (κ2) is 12.7. The first-order chi connectivity index (χ1) is 27.5. The van der Waals surface area contributed by atoms with Crippen molar-refractivity contribution < 1.29 is 0 Å². The molecule has 2 saturated carbocycles. The molecule has 7 aromatic carbocycles. The highest BCUT2D eigenvalue weighted by Crippen LogP contribution is 2.52. The molecule has 9 aromatic rings. The third kappa shape index (κ3) is 5.17. The minimum atomic E-state index is 0.246. The van der Waals surface area contributed by atoms with Gasteiger partial charge in [-0.05, 0) is 111 Å². The van der Waals surface area contributed by atoms with E-state index in [-0.39, 0.29) is 5.41 Å². The Kier molecular flexibility index (Phi) is 7.44. The molecule has 2 aliphatic rings. The number of nitrogens with zero attached hydrogens (tertiary/aromatic N) is 5. The predicted octanol–water partition coefficient (Wildman–Crippen LogP) is 12.6. The molecule has 11 rings (SSSR count). The van der Waals surface area contributed by atoms with Gasteiger partial charge in [-0.3, -0.25) is 4.57 Å². The fraction of sp³-hybridized carbons (Fsp3) is 0.176. The fourth-order valence-electron chi connectivity index (χ4n) is 10.4. The van der Waals surface area contributed by atoms with Crippen LogP contribution in [0.4, 0.5) is 0 Å². The van der Waals surface area contributed by atoms with Gasteiger partial charge >= 0.3 is 0 Å². The van der Waals surface area contributed by atoms with Gasteiger partial charge in [0, 0.05) is 21.9 Å². The summed E-state index contributed by atoms with van der Waals surface area (Å²) in [6.45, 7) is 2.50. The van der Waals surface area contributed by atoms with Gasteiger partial charge in [0.05, 0.1) is 22.7 Å². The maximum absolute atomic E-state index is 9.58. The first-order valence-corrected chi connectivity index (χ1v) is 19.8. The maximum atomic E-state index is 9.58. The van der Waals surface area contributed by atoms with E-state index in [0.717, 1.165) is 66.3 Å². The molecule has 2 bridgehead atoms. The average Bonchev–Trinajstić information content (AvgIpc) is 3.78. The lowest BCUT2D eigenvalue weighted by molar-refractivity contribution is 0.232. The summed E-state index contributed by atoms with van der Waals surface area (Å²) in [4.78, 5) is 15.8. The topological polar surface area (TPSA) is 67.4 Å². The van der Waals surface area contributed by atoms with E-state index in [0.29, 0.717) is 23.2 Å². The Balaban J connectivity index is 1.15. The standard InChI is InChI=1S/C51H39N5/c1-51(29-33-18-19-34(28-33)30-51)37-26-24-35(25-27-37)46-40-12-2-4-14-42(40)47(43-15-5-3-13-41(43)46)49-53-48(36-22-20-32(31-52)21-23-36)54-50(55-49)56-44-16-8-6-10-38(44)39-11-7-9-17-45(39)56/h2-17,20-27,33-34H,18-19,28-30H2,1H3/t33-,34?,51?/m1/s1. The highest BCUT2D eigenvalue weighted by molar-refractivity contribution is 6.21. The third-order valence-corrected chi connectivity index (χ3v) is 12.8. The van der Waals surface area contributed by atoms with Crippen LogP contribution >= 0.6 is 0 Å². The summed E-state index contributed by atoms with van der Waals surface area (Å²) >= 11 is 0.